The molecule has 3 nitrogen and oxygen atoms in total. The van der Waals surface area contributed by atoms with Crippen LogP contribution in [0.15, 0.2) is 0 Å². The van der Waals surface area contributed by atoms with E-state index in [1.54, 1.807) is 4.57 Å². The molecule has 7 heteroatoms. The van der Waals surface area contributed by atoms with Gasteiger partial charge in [0.1, 0.15) is 5.82 Å². The molecule has 98 valence electrons. The lowest BCUT2D eigenvalue weighted by molar-refractivity contribution is -0.135. The third kappa shape index (κ3) is 4.53. The van der Waals surface area contributed by atoms with Crippen LogP contribution >= 0.6 is 11.6 Å². The van der Waals surface area contributed by atoms with Gasteiger partial charge in [0.2, 0.25) is 5.28 Å². The van der Waals surface area contributed by atoms with Crippen LogP contribution in [0.25, 0.3) is 0 Å². The van der Waals surface area contributed by atoms with Crippen molar-refractivity contribution in [2.75, 3.05) is 0 Å². The summed E-state index contributed by atoms with van der Waals surface area (Å²) in [5, 5.41) is 7.86. The van der Waals surface area contributed by atoms with E-state index in [0.29, 0.717) is 18.8 Å². The molecule has 0 radical (unpaired) electrons. The first-order valence-electron chi connectivity index (χ1n) is 5.46. The smallest absolute Gasteiger partial charge is 0.302 e. The highest BCUT2D eigenvalue weighted by atomic mass is 35.5. The van der Waals surface area contributed by atoms with Gasteiger partial charge < -0.3 is 4.57 Å². The lowest BCUT2D eigenvalue weighted by Gasteiger charge is -2.10. The monoisotopic (exact) mass is 269 g/mol. The Hall–Kier alpha value is -0.780. The van der Waals surface area contributed by atoms with E-state index >= 15 is 0 Å². The molecule has 0 spiro atoms. The fourth-order valence-electron chi connectivity index (χ4n) is 1.52. The van der Waals surface area contributed by atoms with Gasteiger partial charge in [-0.3, -0.25) is 0 Å². The van der Waals surface area contributed by atoms with E-state index in [4.69, 9.17) is 11.6 Å². The Bertz CT molecular complexity index is 360. The molecule has 0 N–H and O–H groups in total. The third-order valence-corrected chi connectivity index (χ3v) is 2.62. The second-order valence-electron chi connectivity index (χ2n) is 4.21. The van der Waals surface area contributed by atoms with Crippen LogP contribution < -0.4 is 0 Å². The molecule has 0 unspecified atom stereocenters. The molecular formula is C10H15ClF3N3. The van der Waals surface area contributed by atoms with Crippen LogP contribution in [0.5, 0.6) is 0 Å². The lowest BCUT2D eigenvalue weighted by Crippen LogP contribution is -2.09. The summed E-state index contributed by atoms with van der Waals surface area (Å²) in [5.41, 5.74) is 0. The van der Waals surface area contributed by atoms with E-state index in [2.05, 4.69) is 10.2 Å². The molecule has 1 rings (SSSR count). The summed E-state index contributed by atoms with van der Waals surface area (Å²) in [4.78, 5) is 0. The fraction of sp³-hybridized carbons (Fsp3) is 0.800. The maximum atomic E-state index is 12.0. The topological polar surface area (TPSA) is 30.7 Å². The highest BCUT2D eigenvalue weighted by Gasteiger charge is 2.26. The molecule has 0 amide bonds. The Kier molecular flexibility index (Phi) is 4.80. The van der Waals surface area contributed by atoms with E-state index in [0.717, 1.165) is 0 Å². The Labute approximate surface area is 103 Å². The van der Waals surface area contributed by atoms with Crippen molar-refractivity contribution in [2.24, 2.45) is 0 Å². The van der Waals surface area contributed by atoms with Crippen LogP contribution in [0, 0.1) is 0 Å². The molecule has 0 aromatic carbocycles. The molecule has 0 atom stereocenters. The van der Waals surface area contributed by atoms with Gasteiger partial charge in [0, 0.05) is 18.9 Å². The normalized spacial score (nSPS) is 12.4. The number of aromatic nitrogens is 3. The quantitative estimate of drug-likeness (QED) is 0.762. The Morgan fingerprint density at radius 2 is 1.88 bits per heavy atom. The summed E-state index contributed by atoms with van der Waals surface area (Å²) in [5.74, 6) is 0.861. The number of rotatable bonds is 5. The van der Waals surface area contributed by atoms with Gasteiger partial charge in [-0.05, 0) is 24.4 Å². The van der Waals surface area contributed by atoms with Gasteiger partial charge in [-0.15, -0.1) is 10.2 Å². The van der Waals surface area contributed by atoms with Crippen molar-refractivity contribution in [2.45, 2.75) is 51.7 Å². The summed E-state index contributed by atoms with van der Waals surface area (Å²) < 4.78 is 37.5. The predicted molar refractivity (Wildman–Crippen MR) is 59.0 cm³/mol. The number of unbranched alkanes of at least 4 members (excludes halogenated alkanes) is 1. The number of hydrogen-bond acceptors (Lipinski definition) is 2. The molecule has 0 aliphatic rings. The van der Waals surface area contributed by atoms with Gasteiger partial charge in [-0.2, -0.15) is 13.2 Å². The molecule has 0 saturated heterocycles. The molecular weight excluding hydrogens is 255 g/mol. The van der Waals surface area contributed by atoms with Crippen LogP contribution in [0.1, 0.15) is 44.9 Å². The number of halogens is 4. The Balaban J connectivity index is 2.49. The van der Waals surface area contributed by atoms with Gasteiger partial charge in [-0.25, -0.2) is 0 Å². The van der Waals surface area contributed by atoms with Gasteiger partial charge in [0.15, 0.2) is 0 Å². The van der Waals surface area contributed by atoms with Crippen molar-refractivity contribution in [1.29, 1.82) is 0 Å². The van der Waals surface area contributed by atoms with Crippen LogP contribution in [-0.2, 0) is 6.54 Å². The van der Waals surface area contributed by atoms with Crippen LogP contribution in [0.2, 0.25) is 5.28 Å². The van der Waals surface area contributed by atoms with Crippen LogP contribution in [-0.4, -0.2) is 20.9 Å². The lowest BCUT2D eigenvalue weighted by atomic mass is 10.2. The number of nitrogens with zero attached hydrogens (tertiary/aromatic N) is 3. The first-order chi connectivity index (χ1) is 7.81. The molecule has 0 aliphatic carbocycles. The first kappa shape index (κ1) is 14.3. The van der Waals surface area contributed by atoms with Gasteiger partial charge >= 0.3 is 6.18 Å². The Morgan fingerprint density at radius 1 is 1.24 bits per heavy atom. The molecule has 1 heterocycles. The van der Waals surface area contributed by atoms with E-state index in [9.17, 15) is 13.2 Å². The van der Waals surface area contributed by atoms with Crippen molar-refractivity contribution in [3.05, 3.63) is 11.1 Å². The van der Waals surface area contributed by atoms with Crippen molar-refractivity contribution < 1.29 is 13.2 Å². The number of alkyl halides is 3. The summed E-state index contributed by atoms with van der Waals surface area (Å²) in [6, 6.07) is 0. The third-order valence-electron chi connectivity index (χ3n) is 2.34. The molecule has 0 aliphatic heterocycles. The molecule has 17 heavy (non-hydrogen) atoms. The van der Waals surface area contributed by atoms with Crippen molar-refractivity contribution in [3.8, 4) is 0 Å². The summed E-state index contributed by atoms with van der Waals surface area (Å²) in [7, 11) is 0. The largest absolute Gasteiger partial charge is 0.389 e. The predicted octanol–water partition coefficient (Wildman–Crippen LogP) is 3.79. The second-order valence-corrected chi connectivity index (χ2v) is 4.54. The molecule has 1 aromatic rings. The molecule has 0 saturated carbocycles. The SMILES string of the molecule is CC(C)c1nnc(Cl)n1CCCCC(F)(F)F. The summed E-state index contributed by atoms with van der Waals surface area (Å²) in [6.45, 7) is 4.30. The van der Waals surface area contributed by atoms with Crippen LogP contribution in [0.3, 0.4) is 0 Å². The standard InChI is InChI=1S/C10H15ClF3N3/c1-7(2)8-15-16-9(11)17(8)6-4-3-5-10(12,13)14/h7H,3-6H2,1-2H3. The maximum absolute atomic E-state index is 12.0. The van der Waals surface area contributed by atoms with Crippen molar-refractivity contribution in [1.82, 2.24) is 14.8 Å². The van der Waals surface area contributed by atoms with Gasteiger partial charge in [0.25, 0.3) is 0 Å². The zero-order chi connectivity index (χ0) is 13.1. The average Bonchev–Trinajstić information content (AvgIpc) is 2.53. The molecule has 0 bridgehead atoms. The van der Waals surface area contributed by atoms with Crippen molar-refractivity contribution >= 4 is 11.6 Å². The molecule has 0 fully saturated rings. The summed E-state index contributed by atoms with van der Waals surface area (Å²) in [6.07, 6.45) is -4.34. The van der Waals surface area contributed by atoms with E-state index in [1.807, 2.05) is 13.8 Å². The maximum Gasteiger partial charge on any atom is 0.389 e. The highest BCUT2D eigenvalue weighted by molar-refractivity contribution is 6.28. The second kappa shape index (κ2) is 5.71. The fourth-order valence-corrected chi connectivity index (χ4v) is 1.73. The van der Waals surface area contributed by atoms with E-state index in [1.165, 1.54) is 0 Å². The van der Waals surface area contributed by atoms with Gasteiger partial charge in [0.05, 0.1) is 0 Å². The minimum absolute atomic E-state index is 0.0928. The molecule has 1 aromatic heterocycles. The Morgan fingerprint density at radius 3 is 2.41 bits per heavy atom. The summed E-state index contributed by atoms with van der Waals surface area (Å²) >= 11 is 5.82. The van der Waals surface area contributed by atoms with Crippen molar-refractivity contribution in [3.63, 3.8) is 0 Å². The van der Waals surface area contributed by atoms with Crippen LogP contribution in [0.4, 0.5) is 13.2 Å². The minimum Gasteiger partial charge on any atom is -0.302 e. The van der Waals surface area contributed by atoms with Gasteiger partial charge in [-0.1, -0.05) is 13.8 Å². The zero-order valence-corrected chi connectivity index (χ0v) is 10.5. The van der Waals surface area contributed by atoms with E-state index < -0.39 is 12.6 Å². The minimum atomic E-state index is -4.09. The zero-order valence-electron chi connectivity index (χ0n) is 9.76. The van der Waals surface area contributed by atoms with E-state index in [-0.39, 0.29) is 17.6 Å². The average molecular weight is 270 g/mol. The number of hydrogen-bond donors (Lipinski definition) is 0. The first-order valence-corrected chi connectivity index (χ1v) is 5.84. The highest BCUT2D eigenvalue weighted by Crippen LogP contribution is 2.23.